The largest absolute Gasteiger partial charge is 0.329 e. The van der Waals surface area contributed by atoms with Gasteiger partial charge in [0, 0.05) is 12.1 Å². The molecule has 0 aromatic rings. The molecule has 2 nitrogen and oxygen atoms in total. The monoisotopic (exact) mass is 296 g/mol. The molecule has 21 heavy (non-hydrogen) atoms. The van der Waals surface area contributed by atoms with Crippen LogP contribution in [0, 0.1) is 11.8 Å². The lowest BCUT2D eigenvalue weighted by molar-refractivity contribution is 0.0289. The van der Waals surface area contributed by atoms with Gasteiger partial charge in [0.15, 0.2) is 0 Å². The van der Waals surface area contributed by atoms with E-state index in [-0.39, 0.29) is 0 Å². The molecule has 1 fully saturated rings. The van der Waals surface area contributed by atoms with E-state index in [0.717, 1.165) is 18.4 Å². The standard InChI is InChI=1S/C19H40N2/c1-5-7-12-21(13-8-6-2)19(16-20)11-9-10-18(15-19)14-17(3)4/h17-18H,5-16,20H2,1-4H3. The molecule has 1 aliphatic rings. The number of rotatable bonds is 10. The Kier molecular flexibility index (Phi) is 8.89. The van der Waals surface area contributed by atoms with E-state index in [1.165, 1.54) is 70.9 Å². The second-order valence-corrected chi connectivity index (χ2v) is 7.71. The Morgan fingerprint density at radius 3 is 2.24 bits per heavy atom. The molecule has 2 N–H and O–H groups in total. The Labute approximate surface area is 133 Å². The summed E-state index contributed by atoms with van der Waals surface area (Å²) in [7, 11) is 0. The van der Waals surface area contributed by atoms with Crippen molar-refractivity contribution in [3.63, 3.8) is 0 Å². The molecule has 0 spiro atoms. The lowest BCUT2D eigenvalue weighted by Crippen LogP contribution is -2.57. The van der Waals surface area contributed by atoms with Gasteiger partial charge in [0.2, 0.25) is 0 Å². The third-order valence-corrected chi connectivity index (χ3v) is 5.34. The van der Waals surface area contributed by atoms with Gasteiger partial charge in [0.1, 0.15) is 0 Å². The fourth-order valence-corrected chi connectivity index (χ4v) is 4.21. The van der Waals surface area contributed by atoms with Gasteiger partial charge < -0.3 is 5.73 Å². The Morgan fingerprint density at radius 1 is 1.14 bits per heavy atom. The lowest BCUT2D eigenvalue weighted by atomic mass is 9.72. The summed E-state index contributed by atoms with van der Waals surface area (Å²) in [5.41, 5.74) is 6.64. The predicted molar refractivity (Wildman–Crippen MR) is 94.6 cm³/mol. The molecule has 1 saturated carbocycles. The van der Waals surface area contributed by atoms with Crippen molar-refractivity contribution in [1.29, 1.82) is 0 Å². The molecule has 0 amide bonds. The third kappa shape index (κ3) is 5.90. The molecular formula is C19H40N2. The molecule has 0 bridgehead atoms. The SMILES string of the molecule is CCCCN(CCCC)C1(CN)CCCC(CC(C)C)C1. The van der Waals surface area contributed by atoms with E-state index in [2.05, 4.69) is 32.6 Å². The Morgan fingerprint density at radius 2 is 1.76 bits per heavy atom. The highest BCUT2D eigenvalue weighted by Crippen LogP contribution is 2.39. The van der Waals surface area contributed by atoms with Crippen LogP contribution in [-0.2, 0) is 0 Å². The van der Waals surface area contributed by atoms with Crippen LogP contribution in [0.4, 0.5) is 0 Å². The molecule has 2 unspecified atom stereocenters. The summed E-state index contributed by atoms with van der Waals surface area (Å²) in [5, 5.41) is 0. The van der Waals surface area contributed by atoms with E-state index in [9.17, 15) is 0 Å². The van der Waals surface area contributed by atoms with Crippen molar-refractivity contribution >= 4 is 0 Å². The summed E-state index contributed by atoms with van der Waals surface area (Å²) < 4.78 is 0. The molecular weight excluding hydrogens is 256 g/mol. The van der Waals surface area contributed by atoms with Crippen LogP contribution >= 0.6 is 0 Å². The number of hydrogen-bond donors (Lipinski definition) is 1. The van der Waals surface area contributed by atoms with Crippen molar-refractivity contribution in [3.8, 4) is 0 Å². The molecule has 0 saturated heterocycles. The second kappa shape index (κ2) is 9.84. The van der Waals surface area contributed by atoms with Crippen molar-refractivity contribution in [3.05, 3.63) is 0 Å². The van der Waals surface area contributed by atoms with Crippen molar-refractivity contribution in [2.24, 2.45) is 17.6 Å². The molecule has 0 aliphatic heterocycles. The van der Waals surface area contributed by atoms with Crippen molar-refractivity contribution in [2.75, 3.05) is 19.6 Å². The summed E-state index contributed by atoms with van der Waals surface area (Å²) in [6, 6.07) is 0. The normalized spacial score (nSPS) is 26.7. The van der Waals surface area contributed by atoms with Crippen molar-refractivity contribution in [2.45, 2.75) is 91.0 Å². The van der Waals surface area contributed by atoms with Crippen LogP contribution in [-0.4, -0.2) is 30.1 Å². The van der Waals surface area contributed by atoms with E-state index in [4.69, 9.17) is 5.73 Å². The first kappa shape index (κ1) is 19.0. The molecule has 126 valence electrons. The average molecular weight is 297 g/mol. The Balaban J connectivity index is 2.75. The summed E-state index contributed by atoms with van der Waals surface area (Å²) >= 11 is 0. The van der Waals surface area contributed by atoms with Crippen LogP contribution in [0.1, 0.15) is 85.5 Å². The zero-order chi connectivity index (χ0) is 15.7. The van der Waals surface area contributed by atoms with E-state index < -0.39 is 0 Å². The zero-order valence-electron chi connectivity index (χ0n) is 15.2. The summed E-state index contributed by atoms with van der Waals surface area (Å²) in [5.74, 6) is 1.72. The average Bonchev–Trinajstić information content (AvgIpc) is 2.46. The molecule has 1 rings (SSSR count). The van der Waals surface area contributed by atoms with Crippen LogP contribution in [0.3, 0.4) is 0 Å². The van der Waals surface area contributed by atoms with E-state index >= 15 is 0 Å². The first-order chi connectivity index (χ1) is 10.1. The number of nitrogens with two attached hydrogens (primary N) is 1. The highest BCUT2D eigenvalue weighted by Gasteiger charge is 2.39. The molecule has 2 atom stereocenters. The summed E-state index contributed by atoms with van der Waals surface area (Å²) in [4.78, 5) is 2.78. The first-order valence-corrected chi connectivity index (χ1v) is 9.53. The zero-order valence-corrected chi connectivity index (χ0v) is 15.2. The first-order valence-electron chi connectivity index (χ1n) is 9.53. The summed E-state index contributed by atoms with van der Waals surface area (Å²) in [6.45, 7) is 12.7. The van der Waals surface area contributed by atoms with Gasteiger partial charge in [-0.15, -0.1) is 0 Å². The fraction of sp³-hybridized carbons (Fsp3) is 1.00. The van der Waals surface area contributed by atoms with Crippen LogP contribution in [0.2, 0.25) is 0 Å². The molecule has 0 aromatic heterocycles. The van der Waals surface area contributed by atoms with E-state index in [1.54, 1.807) is 0 Å². The maximum atomic E-state index is 6.33. The van der Waals surface area contributed by atoms with Gasteiger partial charge in [-0.25, -0.2) is 0 Å². The number of unbranched alkanes of at least 4 members (excludes halogenated alkanes) is 2. The van der Waals surface area contributed by atoms with Gasteiger partial charge in [-0.2, -0.15) is 0 Å². The van der Waals surface area contributed by atoms with Crippen molar-refractivity contribution < 1.29 is 0 Å². The maximum absolute atomic E-state index is 6.33. The predicted octanol–water partition coefficient (Wildman–Crippen LogP) is 4.82. The van der Waals surface area contributed by atoms with Gasteiger partial charge in [-0.1, -0.05) is 53.4 Å². The van der Waals surface area contributed by atoms with Crippen LogP contribution in [0.5, 0.6) is 0 Å². The minimum absolute atomic E-state index is 0.308. The quantitative estimate of drug-likeness (QED) is 0.626. The van der Waals surface area contributed by atoms with Gasteiger partial charge in [-0.05, 0) is 57.0 Å². The topological polar surface area (TPSA) is 29.3 Å². The van der Waals surface area contributed by atoms with Gasteiger partial charge in [0.05, 0.1) is 0 Å². The van der Waals surface area contributed by atoms with Crippen LogP contribution in [0.15, 0.2) is 0 Å². The molecule has 0 aromatic carbocycles. The Hall–Kier alpha value is -0.0800. The summed E-state index contributed by atoms with van der Waals surface area (Å²) in [6.07, 6.45) is 12.1. The number of hydrogen-bond acceptors (Lipinski definition) is 2. The highest BCUT2D eigenvalue weighted by molar-refractivity contribution is 4.96. The van der Waals surface area contributed by atoms with Crippen molar-refractivity contribution in [1.82, 2.24) is 4.90 Å². The molecule has 2 heteroatoms. The molecule has 0 radical (unpaired) electrons. The fourth-order valence-electron chi connectivity index (χ4n) is 4.21. The van der Waals surface area contributed by atoms with Gasteiger partial charge in [0.25, 0.3) is 0 Å². The van der Waals surface area contributed by atoms with Gasteiger partial charge >= 0.3 is 0 Å². The van der Waals surface area contributed by atoms with Gasteiger partial charge in [-0.3, -0.25) is 4.90 Å². The smallest absolute Gasteiger partial charge is 0.0334 e. The van der Waals surface area contributed by atoms with Crippen LogP contribution in [0.25, 0.3) is 0 Å². The maximum Gasteiger partial charge on any atom is 0.0334 e. The number of nitrogens with zero attached hydrogens (tertiary/aromatic N) is 1. The van der Waals surface area contributed by atoms with E-state index in [1.807, 2.05) is 0 Å². The minimum Gasteiger partial charge on any atom is -0.329 e. The minimum atomic E-state index is 0.308. The lowest BCUT2D eigenvalue weighted by Gasteiger charge is -2.49. The van der Waals surface area contributed by atoms with Crippen LogP contribution < -0.4 is 5.73 Å². The molecule has 1 aliphatic carbocycles. The highest BCUT2D eigenvalue weighted by atomic mass is 15.2. The Bertz CT molecular complexity index is 256. The third-order valence-electron chi connectivity index (χ3n) is 5.34. The molecule has 0 heterocycles. The second-order valence-electron chi connectivity index (χ2n) is 7.71. The van der Waals surface area contributed by atoms with E-state index in [0.29, 0.717) is 5.54 Å².